The smallest absolute Gasteiger partial charge is 0.104 e. The summed E-state index contributed by atoms with van der Waals surface area (Å²) in [6, 6.07) is 3.23. The van der Waals surface area contributed by atoms with Gasteiger partial charge in [-0.2, -0.15) is 0 Å². The summed E-state index contributed by atoms with van der Waals surface area (Å²) < 4.78 is 1.49. The first-order valence-electron chi connectivity index (χ1n) is 3.79. The maximum atomic E-state index is 5.97. The van der Waals surface area contributed by atoms with E-state index in [-0.39, 0.29) is 0 Å². The van der Waals surface area contributed by atoms with Gasteiger partial charge in [-0.3, -0.25) is 0 Å². The van der Waals surface area contributed by atoms with Gasteiger partial charge >= 0.3 is 0 Å². The van der Waals surface area contributed by atoms with Crippen molar-refractivity contribution >= 4 is 28.9 Å². The second-order valence-corrected chi connectivity index (χ2v) is 3.50. The van der Waals surface area contributed by atoms with Crippen LogP contribution in [0.1, 0.15) is 0 Å². The second-order valence-electron chi connectivity index (χ2n) is 2.68. The maximum absolute atomic E-state index is 5.97. The molecule has 1 aromatic heterocycles. The first-order chi connectivity index (χ1) is 6.68. The number of rotatable bonds is 1. The van der Waals surface area contributed by atoms with Gasteiger partial charge in [0.25, 0.3) is 0 Å². The molecule has 0 saturated heterocycles. The van der Waals surface area contributed by atoms with Crippen molar-refractivity contribution in [2.45, 2.75) is 0 Å². The van der Waals surface area contributed by atoms with E-state index in [1.165, 1.54) is 4.68 Å². The Morgan fingerprint density at radius 1 is 1.21 bits per heavy atom. The van der Waals surface area contributed by atoms with Crippen molar-refractivity contribution < 1.29 is 0 Å². The van der Waals surface area contributed by atoms with Crippen molar-refractivity contribution in [2.75, 3.05) is 5.73 Å². The van der Waals surface area contributed by atoms with Crippen molar-refractivity contribution in [1.29, 1.82) is 0 Å². The highest BCUT2D eigenvalue weighted by Gasteiger charge is 2.09. The Morgan fingerprint density at radius 3 is 2.36 bits per heavy atom. The lowest BCUT2D eigenvalue weighted by molar-refractivity contribution is 0.804. The zero-order valence-electron chi connectivity index (χ0n) is 6.98. The van der Waals surface area contributed by atoms with Crippen LogP contribution in [-0.4, -0.2) is 15.0 Å². The van der Waals surface area contributed by atoms with Gasteiger partial charge in [-0.25, -0.2) is 4.68 Å². The van der Waals surface area contributed by atoms with Gasteiger partial charge in [-0.15, -0.1) is 5.10 Å². The number of halogens is 2. The molecule has 2 N–H and O–H groups in total. The molecule has 0 aliphatic heterocycles. The molecule has 0 bridgehead atoms. The van der Waals surface area contributed by atoms with Crippen molar-refractivity contribution in [3.8, 4) is 5.69 Å². The molecular weight excluding hydrogens is 223 g/mol. The molecule has 0 amide bonds. The molecule has 14 heavy (non-hydrogen) atoms. The van der Waals surface area contributed by atoms with Crippen molar-refractivity contribution in [2.24, 2.45) is 0 Å². The first kappa shape index (κ1) is 9.30. The Labute approximate surface area is 90.2 Å². The summed E-state index contributed by atoms with van der Waals surface area (Å²) in [4.78, 5) is 0. The fourth-order valence-electron chi connectivity index (χ4n) is 1.13. The molecule has 1 aromatic carbocycles. The summed E-state index contributed by atoms with van der Waals surface area (Å²) in [7, 11) is 0. The fourth-order valence-corrected chi connectivity index (χ4v) is 1.81. The van der Waals surface area contributed by atoms with Gasteiger partial charge in [0.2, 0.25) is 0 Å². The molecule has 0 fully saturated rings. The molecule has 2 aromatic rings. The van der Waals surface area contributed by atoms with E-state index in [0.29, 0.717) is 21.4 Å². The molecule has 0 aliphatic carbocycles. The van der Waals surface area contributed by atoms with E-state index in [9.17, 15) is 0 Å². The normalized spacial score (nSPS) is 10.4. The third kappa shape index (κ3) is 1.54. The highest BCUT2D eigenvalue weighted by molar-refractivity contribution is 6.38. The minimum Gasteiger partial charge on any atom is -0.399 e. The minimum atomic E-state index is 0.445. The lowest BCUT2D eigenvalue weighted by atomic mass is 10.3. The molecule has 0 radical (unpaired) electrons. The van der Waals surface area contributed by atoms with Crippen molar-refractivity contribution in [3.05, 3.63) is 34.6 Å². The van der Waals surface area contributed by atoms with Crippen LogP contribution >= 0.6 is 23.2 Å². The van der Waals surface area contributed by atoms with E-state index in [4.69, 9.17) is 28.9 Å². The van der Waals surface area contributed by atoms with Crippen LogP contribution in [-0.2, 0) is 0 Å². The van der Waals surface area contributed by atoms with Crippen molar-refractivity contribution in [1.82, 2.24) is 15.0 Å². The van der Waals surface area contributed by atoms with Gasteiger partial charge in [-0.05, 0) is 12.1 Å². The first-order valence-corrected chi connectivity index (χ1v) is 4.55. The molecule has 0 aliphatic rings. The molecule has 4 nitrogen and oxygen atoms in total. The summed E-state index contributed by atoms with van der Waals surface area (Å²) in [6.45, 7) is 0. The predicted octanol–water partition coefficient (Wildman–Crippen LogP) is 2.16. The average Bonchev–Trinajstić information content (AvgIpc) is 2.54. The lowest BCUT2D eigenvalue weighted by Gasteiger charge is -2.06. The number of nitrogen functional groups attached to an aromatic ring is 1. The molecule has 1 heterocycles. The van der Waals surface area contributed by atoms with Crippen LogP contribution in [0.15, 0.2) is 24.5 Å². The van der Waals surface area contributed by atoms with Gasteiger partial charge in [0, 0.05) is 5.69 Å². The molecule has 2 rings (SSSR count). The third-order valence-corrected chi connectivity index (χ3v) is 2.27. The summed E-state index contributed by atoms with van der Waals surface area (Å²) in [5, 5.41) is 8.35. The molecular formula is C8H6Cl2N4. The predicted molar refractivity (Wildman–Crippen MR) is 55.8 cm³/mol. The molecule has 72 valence electrons. The topological polar surface area (TPSA) is 56.7 Å². The number of aromatic nitrogens is 3. The van der Waals surface area contributed by atoms with Crippen molar-refractivity contribution in [3.63, 3.8) is 0 Å². The SMILES string of the molecule is Nc1cc(Cl)c(-n2ccnn2)c(Cl)c1. The van der Waals surface area contributed by atoms with E-state index in [0.717, 1.165) is 0 Å². The van der Waals surface area contributed by atoms with E-state index in [1.807, 2.05) is 0 Å². The Balaban J connectivity index is 2.64. The monoisotopic (exact) mass is 228 g/mol. The van der Waals surface area contributed by atoms with E-state index < -0.39 is 0 Å². The zero-order chi connectivity index (χ0) is 10.1. The second kappa shape index (κ2) is 3.48. The Morgan fingerprint density at radius 2 is 1.86 bits per heavy atom. The van der Waals surface area contributed by atoms with Gasteiger partial charge < -0.3 is 5.73 Å². The van der Waals surface area contributed by atoms with Crippen LogP contribution in [0.3, 0.4) is 0 Å². The number of benzene rings is 1. The van der Waals surface area contributed by atoms with E-state index in [1.54, 1.807) is 24.5 Å². The fraction of sp³-hybridized carbons (Fsp3) is 0. The number of hydrogen-bond acceptors (Lipinski definition) is 3. The molecule has 6 heteroatoms. The van der Waals surface area contributed by atoms with Crippen LogP contribution < -0.4 is 5.73 Å². The number of nitrogens with zero attached hydrogens (tertiary/aromatic N) is 3. The number of anilines is 1. The van der Waals surface area contributed by atoms with E-state index >= 15 is 0 Å². The Hall–Kier alpha value is -1.26. The average molecular weight is 229 g/mol. The lowest BCUT2D eigenvalue weighted by Crippen LogP contribution is -1.98. The number of hydrogen-bond donors (Lipinski definition) is 1. The van der Waals surface area contributed by atoms with E-state index in [2.05, 4.69) is 10.3 Å². The van der Waals surface area contributed by atoms with Gasteiger partial charge in [0.05, 0.1) is 22.4 Å². The standard InChI is InChI=1S/C8H6Cl2N4/c9-6-3-5(11)4-7(10)8(6)14-2-1-12-13-14/h1-4H,11H2. The quantitative estimate of drug-likeness (QED) is 0.762. The van der Waals surface area contributed by atoms with Crippen LogP contribution in [0.4, 0.5) is 5.69 Å². The largest absolute Gasteiger partial charge is 0.399 e. The van der Waals surface area contributed by atoms with Crippen LogP contribution in [0.2, 0.25) is 10.0 Å². The minimum absolute atomic E-state index is 0.445. The van der Waals surface area contributed by atoms with Gasteiger partial charge in [0.15, 0.2) is 0 Å². The van der Waals surface area contributed by atoms with Crippen LogP contribution in [0, 0.1) is 0 Å². The van der Waals surface area contributed by atoms with Gasteiger partial charge in [0.1, 0.15) is 5.69 Å². The summed E-state index contributed by atoms with van der Waals surface area (Å²) in [5.74, 6) is 0. The van der Waals surface area contributed by atoms with Crippen LogP contribution in [0.25, 0.3) is 5.69 Å². The van der Waals surface area contributed by atoms with Crippen LogP contribution in [0.5, 0.6) is 0 Å². The maximum Gasteiger partial charge on any atom is 0.104 e. The van der Waals surface area contributed by atoms with Gasteiger partial charge in [-0.1, -0.05) is 28.4 Å². The number of nitrogens with two attached hydrogens (primary N) is 1. The molecule has 0 saturated carbocycles. The highest BCUT2D eigenvalue weighted by Crippen LogP contribution is 2.30. The highest BCUT2D eigenvalue weighted by atomic mass is 35.5. The molecule has 0 atom stereocenters. The third-order valence-electron chi connectivity index (χ3n) is 1.69. The summed E-state index contributed by atoms with van der Waals surface area (Å²) >= 11 is 11.9. The Bertz CT molecular complexity index is 429. The summed E-state index contributed by atoms with van der Waals surface area (Å²) in [5.41, 5.74) is 6.67. The molecule has 0 spiro atoms. The zero-order valence-corrected chi connectivity index (χ0v) is 8.50. The summed E-state index contributed by atoms with van der Waals surface area (Å²) in [6.07, 6.45) is 3.20. The molecule has 0 unspecified atom stereocenters. The Kier molecular flexibility index (Phi) is 2.31.